The zero-order chi connectivity index (χ0) is 16.4. The van der Waals surface area contributed by atoms with Gasteiger partial charge in [-0.1, -0.05) is 47.1 Å². The Morgan fingerprint density at radius 2 is 2.26 bits per heavy atom. The Balaban J connectivity index is 1.65. The summed E-state index contributed by atoms with van der Waals surface area (Å²) in [5.74, 6) is -0.107. The summed E-state index contributed by atoms with van der Waals surface area (Å²) in [6.45, 7) is 1.81. The molecular formula is C17H19ClN2O3. The van der Waals surface area contributed by atoms with Gasteiger partial charge in [-0.05, 0) is 19.4 Å². The number of carbonyl (C=O) groups is 1. The van der Waals surface area contributed by atoms with Crippen LogP contribution < -0.4 is 5.32 Å². The number of benzene rings is 1. The van der Waals surface area contributed by atoms with Crippen LogP contribution in [0.4, 0.5) is 0 Å². The van der Waals surface area contributed by atoms with Gasteiger partial charge in [0.25, 0.3) is 5.91 Å². The van der Waals surface area contributed by atoms with E-state index < -0.39 is 5.60 Å². The van der Waals surface area contributed by atoms with Crippen molar-refractivity contribution in [3.63, 3.8) is 0 Å². The Morgan fingerprint density at radius 1 is 1.48 bits per heavy atom. The molecule has 3 rings (SSSR count). The van der Waals surface area contributed by atoms with Gasteiger partial charge in [0.15, 0.2) is 0 Å². The van der Waals surface area contributed by atoms with Gasteiger partial charge in [-0.2, -0.15) is 0 Å². The lowest BCUT2D eigenvalue weighted by molar-refractivity contribution is -0.142. The number of hydrogen-bond donors (Lipinski definition) is 2. The van der Waals surface area contributed by atoms with Crippen molar-refractivity contribution in [2.24, 2.45) is 11.1 Å². The van der Waals surface area contributed by atoms with E-state index in [1.54, 1.807) is 13.0 Å². The van der Waals surface area contributed by atoms with E-state index in [0.717, 1.165) is 5.56 Å². The first kappa shape index (κ1) is 16.0. The molecule has 0 spiro atoms. The number of oxime groups is 1. The number of halogens is 1. The van der Waals surface area contributed by atoms with Gasteiger partial charge in [0, 0.05) is 35.6 Å². The third-order valence-electron chi connectivity index (χ3n) is 4.25. The normalized spacial score (nSPS) is 29.3. The smallest absolute Gasteiger partial charge is 0.267 e. The first-order valence-electron chi connectivity index (χ1n) is 7.62. The van der Waals surface area contributed by atoms with Gasteiger partial charge in [0.05, 0.1) is 5.71 Å². The lowest BCUT2D eigenvalue weighted by atomic mass is 9.94. The molecule has 0 fully saturated rings. The Bertz CT molecular complexity index is 674. The molecule has 6 heteroatoms. The summed E-state index contributed by atoms with van der Waals surface area (Å²) in [6, 6.07) is 7.29. The second-order valence-electron chi connectivity index (χ2n) is 6.16. The van der Waals surface area contributed by atoms with Crippen LogP contribution in [0.1, 0.15) is 25.3 Å². The summed E-state index contributed by atoms with van der Waals surface area (Å²) in [5.41, 5.74) is 0.412. The van der Waals surface area contributed by atoms with Gasteiger partial charge in [-0.15, -0.1) is 0 Å². The molecule has 1 aromatic carbocycles. The molecule has 1 amide bonds. The average molecular weight is 335 g/mol. The SMILES string of the molecule is C[C@]1(C(=O)N[C@@H]2C=C[C@H](CO)C2)CC(c2ccccc2Cl)=NO1. The number of hydrogen-bond acceptors (Lipinski definition) is 4. The molecule has 0 unspecified atom stereocenters. The molecule has 2 N–H and O–H groups in total. The van der Waals surface area contributed by atoms with Crippen molar-refractivity contribution in [3.05, 3.63) is 47.0 Å². The molecule has 0 bridgehead atoms. The van der Waals surface area contributed by atoms with Gasteiger partial charge in [-0.25, -0.2) is 0 Å². The maximum absolute atomic E-state index is 12.5. The Labute approximate surface area is 140 Å². The van der Waals surface area contributed by atoms with Crippen molar-refractivity contribution in [2.75, 3.05) is 6.61 Å². The molecule has 0 saturated carbocycles. The van der Waals surface area contributed by atoms with Crippen LogP contribution in [0.3, 0.4) is 0 Å². The van der Waals surface area contributed by atoms with Crippen molar-refractivity contribution in [3.8, 4) is 0 Å². The van der Waals surface area contributed by atoms with E-state index in [9.17, 15) is 4.79 Å². The van der Waals surface area contributed by atoms with Gasteiger partial charge in [0.1, 0.15) is 0 Å². The molecule has 122 valence electrons. The van der Waals surface area contributed by atoms with Crippen LogP contribution in [0.15, 0.2) is 41.6 Å². The molecule has 0 saturated heterocycles. The van der Waals surface area contributed by atoms with Crippen LogP contribution in [-0.4, -0.2) is 35.0 Å². The van der Waals surface area contributed by atoms with Crippen molar-refractivity contribution >= 4 is 23.2 Å². The fourth-order valence-electron chi connectivity index (χ4n) is 2.84. The zero-order valence-electron chi connectivity index (χ0n) is 12.8. The molecular weight excluding hydrogens is 316 g/mol. The largest absolute Gasteiger partial charge is 0.396 e. The maximum atomic E-state index is 12.5. The quantitative estimate of drug-likeness (QED) is 0.830. The highest BCUT2D eigenvalue weighted by Crippen LogP contribution is 2.30. The van der Waals surface area contributed by atoms with Crippen molar-refractivity contribution in [1.29, 1.82) is 0 Å². The van der Waals surface area contributed by atoms with E-state index in [1.807, 2.05) is 30.4 Å². The van der Waals surface area contributed by atoms with E-state index in [1.165, 1.54) is 0 Å². The minimum Gasteiger partial charge on any atom is -0.396 e. The average Bonchev–Trinajstić information content (AvgIpc) is 3.15. The Morgan fingerprint density at radius 3 is 2.96 bits per heavy atom. The predicted octanol–water partition coefficient (Wildman–Crippen LogP) is 2.28. The maximum Gasteiger partial charge on any atom is 0.267 e. The molecule has 1 aromatic rings. The highest BCUT2D eigenvalue weighted by molar-refractivity contribution is 6.34. The van der Waals surface area contributed by atoms with Gasteiger partial charge < -0.3 is 15.3 Å². The lowest BCUT2D eigenvalue weighted by Crippen LogP contribution is -2.48. The third-order valence-corrected chi connectivity index (χ3v) is 4.58. The molecule has 1 aliphatic carbocycles. The molecule has 5 nitrogen and oxygen atoms in total. The molecule has 1 aliphatic heterocycles. The number of rotatable bonds is 4. The van der Waals surface area contributed by atoms with Gasteiger partial charge in [0.2, 0.25) is 5.60 Å². The highest BCUT2D eigenvalue weighted by Gasteiger charge is 2.43. The molecule has 23 heavy (non-hydrogen) atoms. The van der Waals surface area contributed by atoms with E-state index in [-0.39, 0.29) is 24.5 Å². The summed E-state index contributed by atoms with van der Waals surface area (Å²) in [5, 5.41) is 16.7. The monoisotopic (exact) mass is 334 g/mol. The van der Waals surface area contributed by atoms with E-state index in [2.05, 4.69) is 10.5 Å². The second kappa shape index (κ2) is 6.34. The van der Waals surface area contributed by atoms with Crippen LogP contribution >= 0.6 is 11.6 Å². The predicted molar refractivity (Wildman–Crippen MR) is 88.4 cm³/mol. The zero-order valence-corrected chi connectivity index (χ0v) is 13.6. The minimum absolute atomic E-state index is 0.0792. The number of aliphatic hydroxyl groups is 1. The van der Waals surface area contributed by atoms with Crippen molar-refractivity contribution in [1.82, 2.24) is 5.32 Å². The summed E-state index contributed by atoms with van der Waals surface area (Å²) < 4.78 is 0. The fraction of sp³-hybridized carbons (Fsp3) is 0.412. The van der Waals surface area contributed by atoms with Crippen LogP contribution in [0, 0.1) is 5.92 Å². The molecule has 1 heterocycles. The number of carbonyl (C=O) groups excluding carboxylic acids is 1. The summed E-state index contributed by atoms with van der Waals surface area (Å²) in [4.78, 5) is 18.0. The summed E-state index contributed by atoms with van der Waals surface area (Å²) >= 11 is 6.18. The Hall–Kier alpha value is -1.85. The minimum atomic E-state index is -1.04. The van der Waals surface area contributed by atoms with Crippen LogP contribution in [0.2, 0.25) is 5.02 Å². The van der Waals surface area contributed by atoms with Gasteiger partial charge in [-0.3, -0.25) is 4.79 Å². The highest BCUT2D eigenvalue weighted by atomic mass is 35.5. The molecule has 3 atom stereocenters. The van der Waals surface area contributed by atoms with E-state index in [4.69, 9.17) is 21.5 Å². The van der Waals surface area contributed by atoms with Crippen LogP contribution in [0.5, 0.6) is 0 Å². The van der Waals surface area contributed by atoms with Crippen LogP contribution in [-0.2, 0) is 9.63 Å². The van der Waals surface area contributed by atoms with Gasteiger partial charge >= 0.3 is 0 Å². The number of nitrogens with zero attached hydrogens (tertiary/aromatic N) is 1. The number of amides is 1. The molecule has 0 radical (unpaired) electrons. The van der Waals surface area contributed by atoms with E-state index >= 15 is 0 Å². The molecule has 0 aromatic heterocycles. The number of nitrogens with one attached hydrogen (secondary N) is 1. The molecule has 2 aliphatic rings. The fourth-order valence-corrected chi connectivity index (χ4v) is 3.08. The van der Waals surface area contributed by atoms with E-state index in [0.29, 0.717) is 23.6 Å². The first-order valence-corrected chi connectivity index (χ1v) is 8.00. The third kappa shape index (κ3) is 3.26. The van der Waals surface area contributed by atoms with Crippen LogP contribution in [0.25, 0.3) is 0 Å². The standard InChI is InChI=1S/C17H19ClN2O3/c1-17(16(22)19-12-7-6-11(8-12)10-21)9-15(20-23-17)13-4-2-3-5-14(13)18/h2-7,11-12,21H,8-10H2,1H3,(H,19,22)/t11-,12+,17+/m0/s1. The van der Waals surface area contributed by atoms with Crippen molar-refractivity contribution < 1.29 is 14.7 Å². The number of aliphatic hydroxyl groups excluding tert-OH is 1. The first-order chi connectivity index (χ1) is 11.0. The summed E-state index contributed by atoms with van der Waals surface area (Å²) in [6.07, 6.45) is 4.90. The lowest BCUT2D eigenvalue weighted by Gasteiger charge is -2.23. The Kier molecular flexibility index (Phi) is 4.41. The summed E-state index contributed by atoms with van der Waals surface area (Å²) in [7, 11) is 0. The topological polar surface area (TPSA) is 70.9 Å². The van der Waals surface area contributed by atoms with Crippen molar-refractivity contribution in [2.45, 2.75) is 31.4 Å². The second-order valence-corrected chi connectivity index (χ2v) is 6.57.